The topological polar surface area (TPSA) is 20.3 Å². The zero-order chi connectivity index (χ0) is 15.5. The number of thiophene rings is 1. The highest BCUT2D eigenvalue weighted by Crippen LogP contribution is 2.23. The molecular weight excluding hydrogens is 346 g/mol. The number of hydrogen-bond donors (Lipinski definition) is 0. The summed E-state index contributed by atoms with van der Waals surface area (Å²) in [5.41, 5.74) is 0. The summed E-state index contributed by atoms with van der Waals surface area (Å²) in [6, 6.07) is 3.90. The maximum absolute atomic E-state index is 12.6. The molecule has 0 aliphatic carbocycles. The van der Waals surface area contributed by atoms with E-state index in [9.17, 15) is 4.79 Å². The van der Waals surface area contributed by atoms with Gasteiger partial charge in [-0.25, -0.2) is 0 Å². The Morgan fingerprint density at radius 3 is 2.00 bits per heavy atom. The van der Waals surface area contributed by atoms with Crippen LogP contribution in [0.15, 0.2) is 15.9 Å². The number of hydrogen-bond acceptors (Lipinski definition) is 2. The molecule has 0 fully saturated rings. The van der Waals surface area contributed by atoms with Gasteiger partial charge in [0.2, 0.25) is 0 Å². The SMILES string of the molecule is CCCCCCN(CCCCCC)C(=O)c1ccc(Br)s1. The standard InChI is InChI=1S/C17H28BrNOS/c1-3-5-7-9-13-19(14-10-8-6-4-2)17(20)15-11-12-16(18)21-15/h11-12H,3-10,13-14H2,1-2H3. The summed E-state index contributed by atoms with van der Waals surface area (Å²) < 4.78 is 1.03. The highest BCUT2D eigenvalue weighted by Gasteiger charge is 2.16. The molecule has 120 valence electrons. The largest absolute Gasteiger partial charge is 0.338 e. The van der Waals surface area contributed by atoms with Gasteiger partial charge in [-0.2, -0.15) is 0 Å². The van der Waals surface area contributed by atoms with Crippen LogP contribution in [0, 0.1) is 0 Å². The van der Waals surface area contributed by atoms with Crippen LogP contribution in [0.4, 0.5) is 0 Å². The molecule has 1 amide bonds. The van der Waals surface area contributed by atoms with Gasteiger partial charge in [0, 0.05) is 13.1 Å². The molecule has 0 radical (unpaired) electrons. The van der Waals surface area contributed by atoms with E-state index in [1.54, 1.807) is 0 Å². The predicted molar refractivity (Wildman–Crippen MR) is 96.2 cm³/mol. The summed E-state index contributed by atoms with van der Waals surface area (Å²) in [6.07, 6.45) is 9.71. The molecular formula is C17H28BrNOS. The summed E-state index contributed by atoms with van der Waals surface area (Å²) >= 11 is 4.98. The van der Waals surface area contributed by atoms with Gasteiger partial charge in [0.05, 0.1) is 8.66 Å². The molecule has 0 unspecified atom stereocenters. The number of nitrogens with zero attached hydrogens (tertiary/aromatic N) is 1. The van der Waals surface area contributed by atoms with Crippen molar-refractivity contribution in [3.05, 3.63) is 20.8 Å². The number of carbonyl (C=O) groups excluding carboxylic acids is 1. The normalized spacial score (nSPS) is 10.8. The van der Waals surface area contributed by atoms with Crippen LogP contribution < -0.4 is 0 Å². The van der Waals surface area contributed by atoms with E-state index in [1.807, 2.05) is 12.1 Å². The molecule has 0 aliphatic heterocycles. The molecule has 0 aromatic carbocycles. The quantitative estimate of drug-likeness (QED) is 0.428. The maximum atomic E-state index is 12.6. The summed E-state index contributed by atoms with van der Waals surface area (Å²) in [6.45, 7) is 6.24. The van der Waals surface area contributed by atoms with Gasteiger partial charge in [-0.3, -0.25) is 4.79 Å². The summed E-state index contributed by atoms with van der Waals surface area (Å²) in [5, 5.41) is 0. The summed E-state index contributed by atoms with van der Waals surface area (Å²) in [4.78, 5) is 15.5. The van der Waals surface area contributed by atoms with E-state index in [0.717, 1.165) is 34.6 Å². The van der Waals surface area contributed by atoms with Gasteiger partial charge >= 0.3 is 0 Å². The fourth-order valence-electron chi connectivity index (χ4n) is 2.36. The highest BCUT2D eigenvalue weighted by atomic mass is 79.9. The van der Waals surface area contributed by atoms with Crippen molar-refractivity contribution in [2.45, 2.75) is 65.2 Å². The monoisotopic (exact) mass is 373 g/mol. The van der Waals surface area contributed by atoms with Gasteiger partial charge in [-0.1, -0.05) is 52.4 Å². The maximum Gasteiger partial charge on any atom is 0.263 e. The molecule has 4 heteroatoms. The van der Waals surface area contributed by atoms with Crippen LogP contribution in [0.25, 0.3) is 0 Å². The van der Waals surface area contributed by atoms with Crippen LogP contribution in [0.1, 0.15) is 74.9 Å². The van der Waals surface area contributed by atoms with E-state index in [-0.39, 0.29) is 5.91 Å². The Hall–Kier alpha value is -0.350. The van der Waals surface area contributed by atoms with Gasteiger partial charge < -0.3 is 4.90 Å². The number of carbonyl (C=O) groups is 1. The first-order chi connectivity index (χ1) is 10.2. The molecule has 1 rings (SSSR count). The highest BCUT2D eigenvalue weighted by molar-refractivity contribution is 9.11. The first kappa shape index (κ1) is 18.7. The Bertz CT molecular complexity index is 393. The molecule has 21 heavy (non-hydrogen) atoms. The minimum Gasteiger partial charge on any atom is -0.338 e. The minimum absolute atomic E-state index is 0.207. The molecule has 1 heterocycles. The molecule has 0 atom stereocenters. The minimum atomic E-state index is 0.207. The lowest BCUT2D eigenvalue weighted by atomic mass is 10.1. The van der Waals surface area contributed by atoms with Crippen molar-refractivity contribution in [1.29, 1.82) is 0 Å². The van der Waals surface area contributed by atoms with Gasteiger partial charge in [0.25, 0.3) is 5.91 Å². The molecule has 2 nitrogen and oxygen atoms in total. The predicted octanol–water partition coefficient (Wildman–Crippen LogP) is 6.11. The van der Waals surface area contributed by atoms with Crippen molar-refractivity contribution < 1.29 is 4.79 Å². The zero-order valence-electron chi connectivity index (χ0n) is 13.4. The molecule has 0 saturated carbocycles. The van der Waals surface area contributed by atoms with E-state index in [0.29, 0.717) is 0 Å². The molecule has 0 N–H and O–H groups in total. The lowest BCUT2D eigenvalue weighted by Crippen LogP contribution is -2.32. The van der Waals surface area contributed by atoms with Crippen molar-refractivity contribution in [3.63, 3.8) is 0 Å². The third-order valence-electron chi connectivity index (χ3n) is 3.63. The second-order valence-corrected chi connectivity index (χ2v) is 7.98. The molecule has 0 aliphatic rings. The van der Waals surface area contributed by atoms with Gasteiger partial charge in [0.15, 0.2) is 0 Å². The van der Waals surface area contributed by atoms with E-state index in [4.69, 9.17) is 0 Å². The van der Waals surface area contributed by atoms with Crippen LogP contribution in [0.5, 0.6) is 0 Å². The Balaban J connectivity index is 2.50. The zero-order valence-corrected chi connectivity index (χ0v) is 15.8. The van der Waals surface area contributed by atoms with E-state index < -0.39 is 0 Å². The molecule has 0 saturated heterocycles. The van der Waals surface area contributed by atoms with E-state index in [2.05, 4.69) is 34.7 Å². The smallest absolute Gasteiger partial charge is 0.263 e. The molecule has 1 aromatic heterocycles. The van der Waals surface area contributed by atoms with Crippen molar-refractivity contribution in [1.82, 2.24) is 4.90 Å². The van der Waals surface area contributed by atoms with E-state index >= 15 is 0 Å². The molecule has 1 aromatic rings. The van der Waals surface area contributed by atoms with Crippen LogP contribution in [0.3, 0.4) is 0 Å². The second kappa shape index (κ2) is 11.2. The van der Waals surface area contributed by atoms with Crippen LogP contribution in [0.2, 0.25) is 0 Å². The van der Waals surface area contributed by atoms with Crippen LogP contribution in [-0.4, -0.2) is 23.9 Å². The van der Waals surface area contributed by atoms with Crippen molar-refractivity contribution in [2.75, 3.05) is 13.1 Å². The third-order valence-corrected chi connectivity index (χ3v) is 5.25. The van der Waals surface area contributed by atoms with Crippen molar-refractivity contribution in [3.8, 4) is 0 Å². The molecule has 0 bridgehead atoms. The number of halogens is 1. The van der Waals surface area contributed by atoms with E-state index in [1.165, 1.54) is 49.9 Å². The Kier molecular flexibility index (Phi) is 10.0. The summed E-state index contributed by atoms with van der Waals surface area (Å²) in [7, 11) is 0. The fraction of sp³-hybridized carbons (Fsp3) is 0.706. The number of rotatable bonds is 11. The number of unbranched alkanes of at least 4 members (excludes halogenated alkanes) is 6. The van der Waals surface area contributed by atoms with Gasteiger partial charge in [-0.05, 0) is 40.9 Å². The first-order valence-electron chi connectivity index (χ1n) is 8.23. The average molecular weight is 374 g/mol. The van der Waals surface area contributed by atoms with Crippen molar-refractivity contribution >= 4 is 33.2 Å². The lowest BCUT2D eigenvalue weighted by molar-refractivity contribution is 0.0754. The second-order valence-electron chi connectivity index (χ2n) is 5.52. The van der Waals surface area contributed by atoms with Gasteiger partial charge in [0.1, 0.15) is 0 Å². The van der Waals surface area contributed by atoms with Crippen LogP contribution >= 0.6 is 27.3 Å². The first-order valence-corrected chi connectivity index (χ1v) is 9.84. The molecule has 0 spiro atoms. The number of amides is 1. The summed E-state index contributed by atoms with van der Waals surface area (Å²) in [5.74, 6) is 0.207. The van der Waals surface area contributed by atoms with Gasteiger partial charge in [-0.15, -0.1) is 11.3 Å². The average Bonchev–Trinajstić information content (AvgIpc) is 2.91. The Morgan fingerprint density at radius 2 is 1.57 bits per heavy atom. The van der Waals surface area contributed by atoms with Crippen LogP contribution in [-0.2, 0) is 0 Å². The third kappa shape index (κ3) is 7.46. The fourth-order valence-corrected chi connectivity index (χ4v) is 3.71. The Morgan fingerprint density at radius 1 is 1.00 bits per heavy atom. The lowest BCUT2D eigenvalue weighted by Gasteiger charge is -2.22. The van der Waals surface area contributed by atoms with Crippen molar-refractivity contribution in [2.24, 2.45) is 0 Å². The Labute approximate surface area is 142 Å².